The lowest BCUT2D eigenvalue weighted by Gasteiger charge is -2.23. The lowest BCUT2D eigenvalue weighted by molar-refractivity contribution is 1.17. The fourth-order valence-corrected chi connectivity index (χ4v) is 3.95. The molecule has 0 aliphatic carbocycles. The summed E-state index contributed by atoms with van der Waals surface area (Å²) in [7, 11) is 0. The Morgan fingerprint density at radius 3 is 2.25 bits per heavy atom. The van der Waals surface area contributed by atoms with Crippen molar-refractivity contribution in [2.24, 2.45) is 4.99 Å². The predicted octanol–water partition coefficient (Wildman–Crippen LogP) is 6.67. The molecule has 0 aromatic heterocycles. The largest absolute Gasteiger partial charge is 0.294 e. The van der Waals surface area contributed by atoms with Crippen LogP contribution in [0.1, 0.15) is 12.5 Å². The van der Waals surface area contributed by atoms with Crippen LogP contribution < -0.4 is 9.80 Å². The standard InChI is InChI=1S/C23H18BrN3S/c1-16(18-9-5-3-6-10-18)25-23(28)27-17(2)26(20-11-7-4-8-12-20)21-14-13-19(24)15-22(21)27/h3-15H,2H2,1H3/b25-16+. The molecule has 0 N–H and O–H groups in total. The van der Waals surface area contributed by atoms with Gasteiger partial charge in [-0.1, -0.05) is 71.0 Å². The minimum Gasteiger partial charge on any atom is -0.294 e. The molecule has 3 nitrogen and oxygen atoms in total. The maximum Gasteiger partial charge on any atom is 0.206 e. The van der Waals surface area contributed by atoms with Gasteiger partial charge >= 0.3 is 0 Å². The van der Waals surface area contributed by atoms with Crippen LogP contribution in [-0.2, 0) is 0 Å². The third-order valence-corrected chi connectivity index (χ3v) is 5.36. The summed E-state index contributed by atoms with van der Waals surface area (Å²) in [5.74, 6) is 0.758. The van der Waals surface area contributed by atoms with Crippen molar-refractivity contribution < 1.29 is 0 Å². The summed E-state index contributed by atoms with van der Waals surface area (Å²) in [6, 6.07) is 26.3. The summed E-state index contributed by atoms with van der Waals surface area (Å²) >= 11 is 9.30. The van der Waals surface area contributed by atoms with E-state index in [0.717, 1.165) is 38.6 Å². The second kappa shape index (κ2) is 7.70. The number of fused-ring (bicyclic) bond motifs is 1. The number of benzene rings is 3. The van der Waals surface area contributed by atoms with Gasteiger partial charge in [0.2, 0.25) is 5.11 Å². The normalized spacial score (nSPS) is 13.6. The number of halogens is 1. The number of rotatable bonds is 2. The predicted molar refractivity (Wildman–Crippen MR) is 126 cm³/mol. The van der Waals surface area contributed by atoms with E-state index in [2.05, 4.69) is 45.6 Å². The first-order valence-corrected chi connectivity index (χ1v) is 10.0. The molecule has 0 unspecified atom stereocenters. The Kier molecular flexibility index (Phi) is 5.11. The Hall–Kier alpha value is -2.76. The topological polar surface area (TPSA) is 18.8 Å². The molecule has 3 aromatic rings. The van der Waals surface area contributed by atoms with E-state index in [-0.39, 0.29) is 0 Å². The minimum atomic E-state index is 0.462. The van der Waals surface area contributed by atoms with Crippen LogP contribution in [0.25, 0.3) is 0 Å². The molecule has 0 fully saturated rings. The van der Waals surface area contributed by atoms with E-state index < -0.39 is 0 Å². The second-order valence-corrected chi connectivity index (χ2v) is 7.68. The van der Waals surface area contributed by atoms with Gasteiger partial charge in [0, 0.05) is 15.9 Å². The van der Waals surface area contributed by atoms with Crippen LogP contribution in [0, 0.1) is 0 Å². The van der Waals surface area contributed by atoms with Crippen molar-refractivity contribution in [2.45, 2.75) is 6.92 Å². The average molecular weight is 448 g/mol. The fraction of sp³-hybridized carbons (Fsp3) is 0.0435. The molecule has 0 spiro atoms. The highest BCUT2D eigenvalue weighted by Crippen LogP contribution is 2.46. The molecule has 0 saturated carbocycles. The van der Waals surface area contributed by atoms with Gasteiger partial charge in [0.15, 0.2) is 0 Å². The summed E-state index contributed by atoms with van der Waals surface area (Å²) in [5, 5.41) is 0.462. The summed E-state index contributed by atoms with van der Waals surface area (Å²) in [6.45, 7) is 6.29. The Labute approximate surface area is 178 Å². The van der Waals surface area contributed by atoms with Crippen molar-refractivity contribution >= 4 is 56.0 Å². The van der Waals surface area contributed by atoms with Gasteiger partial charge in [-0.05, 0) is 55.0 Å². The molecule has 138 valence electrons. The van der Waals surface area contributed by atoms with E-state index in [1.54, 1.807) is 0 Å². The van der Waals surface area contributed by atoms with Crippen LogP contribution in [0.3, 0.4) is 0 Å². The van der Waals surface area contributed by atoms with E-state index in [1.807, 2.05) is 72.5 Å². The van der Waals surface area contributed by atoms with Crippen LogP contribution >= 0.6 is 28.1 Å². The van der Waals surface area contributed by atoms with E-state index in [1.165, 1.54) is 0 Å². The highest BCUT2D eigenvalue weighted by Gasteiger charge is 2.33. The number of hydrogen-bond acceptors (Lipinski definition) is 2. The SMILES string of the molecule is C=C1N(C(=S)/N=C(\C)c2ccccc2)c2cc(Br)ccc2N1c1ccccc1. The number of hydrogen-bond donors (Lipinski definition) is 0. The smallest absolute Gasteiger partial charge is 0.206 e. The van der Waals surface area contributed by atoms with Gasteiger partial charge in [-0.2, -0.15) is 0 Å². The molecular formula is C23H18BrN3S. The molecule has 0 atom stereocenters. The van der Waals surface area contributed by atoms with Gasteiger partial charge in [0.1, 0.15) is 5.82 Å². The summed E-state index contributed by atoms with van der Waals surface area (Å²) in [6.07, 6.45) is 0. The molecule has 28 heavy (non-hydrogen) atoms. The molecule has 0 amide bonds. The third kappa shape index (κ3) is 3.39. The summed E-state index contributed by atoms with van der Waals surface area (Å²) < 4.78 is 0.977. The van der Waals surface area contributed by atoms with E-state index in [4.69, 9.17) is 17.2 Å². The van der Waals surface area contributed by atoms with Crippen molar-refractivity contribution in [2.75, 3.05) is 9.80 Å². The Morgan fingerprint density at radius 2 is 1.57 bits per heavy atom. The number of anilines is 3. The zero-order valence-electron chi connectivity index (χ0n) is 15.3. The van der Waals surface area contributed by atoms with Crippen LogP contribution in [0.4, 0.5) is 17.1 Å². The van der Waals surface area contributed by atoms with Gasteiger partial charge in [-0.3, -0.25) is 9.80 Å². The Bertz CT molecular complexity index is 1080. The average Bonchev–Trinajstić information content (AvgIpc) is 3.00. The quantitative estimate of drug-likeness (QED) is 0.322. The Balaban J connectivity index is 1.76. The number of thiocarbonyl (C=S) groups is 1. The molecule has 1 heterocycles. The third-order valence-electron chi connectivity index (χ3n) is 4.60. The number of para-hydroxylation sites is 1. The molecule has 0 saturated heterocycles. The van der Waals surface area contributed by atoms with Gasteiger partial charge in [0.05, 0.1) is 11.4 Å². The first kappa shape index (κ1) is 18.6. The molecule has 1 aliphatic heterocycles. The van der Waals surface area contributed by atoms with Crippen LogP contribution in [0.2, 0.25) is 0 Å². The minimum absolute atomic E-state index is 0.462. The zero-order chi connectivity index (χ0) is 19.7. The van der Waals surface area contributed by atoms with Crippen molar-refractivity contribution in [1.82, 2.24) is 0 Å². The van der Waals surface area contributed by atoms with Gasteiger partial charge < -0.3 is 0 Å². The van der Waals surface area contributed by atoms with Crippen molar-refractivity contribution in [3.05, 3.63) is 101 Å². The summed E-state index contributed by atoms with van der Waals surface area (Å²) in [4.78, 5) is 8.73. The zero-order valence-corrected chi connectivity index (χ0v) is 17.7. The van der Waals surface area contributed by atoms with E-state index >= 15 is 0 Å². The van der Waals surface area contributed by atoms with Crippen LogP contribution in [-0.4, -0.2) is 10.8 Å². The number of aliphatic imine (C=N–C) groups is 1. The second-order valence-electron chi connectivity index (χ2n) is 6.40. The molecule has 0 bridgehead atoms. The molecule has 4 rings (SSSR count). The highest BCUT2D eigenvalue weighted by molar-refractivity contribution is 9.10. The van der Waals surface area contributed by atoms with Crippen molar-refractivity contribution in [1.29, 1.82) is 0 Å². The van der Waals surface area contributed by atoms with Crippen LogP contribution in [0.5, 0.6) is 0 Å². The number of nitrogens with zero attached hydrogens (tertiary/aromatic N) is 3. The Morgan fingerprint density at radius 1 is 0.929 bits per heavy atom. The van der Waals surface area contributed by atoms with E-state index in [0.29, 0.717) is 5.11 Å². The van der Waals surface area contributed by atoms with Gasteiger partial charge in [-0.25, -0.2) is 4.99 Å². The molecule has 5 heteroatoms. The van der Waals surface area contributed by atoms with Gasteiger partial charge in [-0.15, -0.1) is 0 Å². The van der Waals surface area contributed by atoms with Crippen molar-refractivity contribution in [3.63, 3.8) is 0 Å². The first-order valence-electron chi connectivity index (χ1n) is 8.84. The fourth-order valence-electron chi connectivity index (χ4n) is 3.26. The molecule has 1 aliphatic rings. The lowest BCUT2D eigenvalue weighted by Crippen LogP contribution is -2.29. The molecular weight excluding hydrogens is 430 g/mol. The van der Waals surface area contributed by atoms with Crippen molar-refractivity contribution in [3.8, 4) is 0 Å². The first-order chi connectivity index (χ1) is 13.6. The van der Waals surface area contributed by atoms with Crippen LogP contribution in [0.15, 0.2) is 101 Å². The monoisotopic (exact) mass is 447 g/mol. The molecule has 0 radical (unpaired) electrons. The molecule has 3 aromatic carbocycles. The van der Waals surface area contributed by atoms with E-state index in [9.17, 15) is 0 Å². The highest BCUT2D eigenvalue weighted by atomic mass is 79.9. The van der Waals surface area contributed by atoms with Gasteiger partial charge in [0.25, 0.3) is 0 Å². The summed E-state index contributed by atoms with van der Waals surface area (Å²) in [5.41, 5.74) is 4.93. The maximum absolute atomic E-state index is 5.73. The lowest BCUT2D eigenvalue weighted by atomic mass is 10.1. The maximum atomic E-state index is 5.73.